The molecule has 7 heteroatoms. The van der Waals surface area contributed by atoms with E-state index in [9.17, 15) is 9.90 Å². The summed E-state index contributed by atoms with van der Waals surface area (Å²) in [6.45, 7) is 23.5. The summed E-state index contributed by atoms with van der Waals surface area (Å²) in [5.74, 6) is 0.757. The minimum absolute atomic E-state index is 0.114. The van der Waals surface area contributed by atoms with Crippen LogP contribution in [0.25, 0.3) is 0 Å². The number of esters is 1. The fraction of sp³-hybridized carbons (Fsp3) is 0.800. The largest absolute Gasteiger partial charge is 0.469 e. The fourth-order valence-electron chi connectivity index (χ4n) is 5.81. The summed E-state index contributed by atoms with van der Waals surface area (Å²) in [7, 11) is -2.49. The highest BCUT2D eigenvalue weighted by Gasteiger charge is 2.50. The Morgan fingerprint density at radius 2 is 1.29 bits per heavy atom. The first-order valence-electron chi connectivity index (χ1n) is 16.5. The lowest BCUT2D eigenvalue weighted by molar-refractivity contribution is -0.140. The number of hydrogen-bond acceptors (Lipinski definition) is 5. The molecule has 5 unspecified atom stereocenters. The summed E-state index contributed by atoms with van der Waals surface area (Å²) in [6, 6.07) is 10.1. The molecule has 1 aromatic carbocycles. The third-order valence-corrected chi connectivity index (χ3v) is 19.6. The van der Waals surface area contributed by atoms with Gasteiger partial charge < -0.3 is 18.7 Å². The Hall–Kier alpha value is -0.996. The summed E-state index contributed by atoms with van der Waals surface area (Å²) < 4.78 is 19.3. The molecule has 1 fully saturated rings. The zero-order chi connectivity index (χ0) is 31.8. The molecule has 1 N–H and O–H groups in total. The molecule has 1 aromatic rings. The molecule has 0 heterocycles. The molecule has 5 atom stereocenters. The highest BCUT2D eigenvalue weighted by atomic mass is 28.4. The van der Waals surface area contributed by atoms with Crippen molar-refractivity contribution in [3.05, 3.63) is 35.9 Å². The van der Waals surface area contributed by atoms with Gasteiger partial charge in [0.2, 0.25) is 0 Å². The maximum Gasteiger partial charge on any atom is 0.305 e. The lowest BCUT2D eigenvalue weighted by atomic mass is 9.84. The Bertz CT molecular complexity index is 935. The molecule has 0 amide bonds. The zero-order valence-corrected chi connectivity index (χ0v) is 30.9. The zero-order valence-electron chi connectivity index (χ0n) is 28.9. The van der Waals surface area contributed by atoms with E-state index in [0.29, 0.717) is 18.3 Å². The highest BCUT2D eigenvalue weighted by molar-refractivity contribution is 6.74. The van der Waals surface area contributed by atoms with Gasteiger partial charge in [-0.25, -0.2) is 0 Å². The molecule has 0 radical (unpaired) electrons. The third-order valence-electron chi connectivity index (χ3n) is 10.6. The Labute approximate surface area is 260 Å². The number of aliphatic hydroxyl groups is 1. The predicted octanol–water partition coefficient (Wildman–Crippen LogP) is 9.82. The lowest BCUT2D eigenvalue weighted by Crippen LogP contribution is -2.45. The number of carbonyl (C=O) groups excluding carboxylic acids is 1. The van der Waals surface area contributed by atoms with Crippen molar-refractivity contribution >= 4 is 22.6 Å². The lowest BCUT2D eigenvalue weighted by Gasteiger charge is -2.40. The maximum atomic E-state index is 11.5. The molecule has 1 aliphatic rings. The quantitative estimate of drug-likeness (QED) is 0.113. The molecule has 242 valence electrons. The standard InChI is InChI=1S/C35H64O5Si2/c1-34(2,3)41(8,9)39-31-26-32(40-42(10,11)35(4,5)6)29(23-19-24-30(36)27-20-15-14-16-21-27)28(31)22-17-12-13-18-25-33(37)38-7/h14-16,20-21,28-32,36H,12-13,17-19,22-26H2,1-11H3. The summed E-state index contributed by atoms with van der Waals surface area (Å²) in [4.78, 5) is 11.5. The average Bonchev–Trinajstić information content (AvgIpc) is 3.19. The van der Waals surface area contributed by atoms with Crippen LogP contribution in [0.2, 0.25) is 36.3 Å². The first-order valence-corrected chi connectivity index (χ1v) is 22.4. The van der Waals surface area contributed by atoms with Gasteiger partial charge in [-0.1, -0.05) is 97.6 Å². The SMILES string of the molecule is COC(=O)CCCCCCC1C(O[Si](C)(C)C(C)(C)C)CC(O[Si](C)(C)C(C)(C)C)C1CCCC(O)c1ccccc1. The molecular formula is C35H64O5Si2. The van der Waals surface area contributed by atoms with Gasteiger partial charge in [-0.2, -0.15) is 0 Å². The number of hydrogen-bond donors (Lipinski definition) is 1. The Morgan fingerprint density at radius 3 is 1.76 bits per heavy atom. The van der Waals surface area contributed by atoms with E-state index in [1.165, 1.54) is 7.11 Å². The summed E-state index contributed by atoms with van der Waals surface area (Å²) in [6.07, 6.45) is 9.55. The van der Waals surface area contributed by atoms with Crippen molar-refractivity contribution in [2.24, 2.45) is 11.8 Å². The fourth-order valence-corrected chi connectivity index (χ4v) is 8.57. The van der Waals surface area contributed by atoms with E-state index in [-0.39, 0.29) is 28.3 Å². The molecule has 0 bridgehead atoms. The van der Waals surface area contributed by atoms with Crippen LogP contribution in [0, 0.1) is 11.8 Å². The molecular weight excluding hydrogens is 557 g/mol. The predicted molar refractivity (Wildman–Crippen MR) is 181 cm³/mol. The highest BCUT2D eigenvalue weighted by Crippen LogP contribution is 2.49. The monoisotopic (exact) mass is 620 g/mol. The van der Waals surface area contributed by atoms with Gasteiger partial charge in [0.25, 0.3) is 0 Å². The second kappa shape index (κ2) is 15.8. The molecule has 0 saturated heterocycles. The second-order valence-electron chi connectivity index (χ2n) is 15.8. The van der Waals surface area contributed by atoms with E-state index in [1.807, 2.05) is 30.3 Å². The van der Waals surface area contributed by atoms with Gasteiger partial charge in [-0.3, -0.25) is 4.79 Å². The van der Waals surface area contributed by atoms with Gasteiger partial charge in [0.1, 0.15) is 0 Å². The molecule has 42 heavy (non-hydrogen) atoms. The van der Waals surface area contributed by atoms with Gasteiger partial charge in [-0.05, 0) is 85.8 Å². The van der Waals surface area contributed by atoms with Gasteiger partial charge in [-0.15, -0.1) is 0 Å². The summed E-state index contributed by atoms with van der Waals surface area (Å²) in [5.41, 5.74) is 1.00. The van der Waals surface area contributed by atoms with Crippen LogP contribution in [0.5, 0.6) is 0 Å². The van der Waals surface area contributed by atoms with Crippen molar-refractivity contribution in [2.75, 3.05) is 7.11 Å². The number of unbranched alkanes of at least 4 members (excludes halogenated alkanes) is 3. The molecule has 1 saturated carbocycles. The topological polar surface area (TPSA) is 65.0 Å². The van der Waals surface area contributed by atoms with E-state index in [2.05, 4.69) is 67.7 Å². The van der Waals surface area contributed by atoms with Gasteiger partial charge in [0, 0.05) is 6.42 Å². The first-order chi connectivity index (χ1) is 19.4. The number of ether oxygens (including phenoxy) is 1. The molecule has 1 aliphatic carbocycles. The van der Waals surface area contributed by atoms with Gasteiger partial charge in [0.05, 0.1) is 25.4 Å². The van der Waals surface area contributed by atoms with Crippen LogP contribution in [0.4, 0.5) is 0 Å². The maximum absolute atomic E-state index is 11.5. The molecule has 0 spiro atoms. The van der Waals surface area contributed by atoms with E-state index < -0.39 is 22.7 Å². The van der Waals surface area contributed by atoms with E-state index in [0.717, 1.165) is 63.4 Å². The van der Waals surface area contributed by atoms with Crippen molar-refractivity contribution in [2.45, 2.75) is 160 Å². The van der Waals surface area contributed by atoms with Crippen LogP contribution in [0.1, 0.15) is 117 Å². The van der Waals surface area contributed by atoms with Crippen LogP contribution in [-0.2, 0) is 18.4 Å². The Balaban J connectivity index is 2.25. The molecule has 2 rings (SSSR count). The second-order valence-corrected chi connectivity index (χ2v) is 25.3. The number of carbonyl (C=O) groups is 1. The van der Waals surface area contributed by atoms with Crippen molar-refractivity contribution in [3.8, 4) is 0 Å². The number of benzene rings is 1. The Kier molecular flexibility index (Phi) is 14.0. The van der Waals surface area contributed by atoms with Crippen LogP contribution in [-0.4, -0.2) is 47.0 Å². The smallest absolute Gasteiger partial charge is 0.305 e. The van der Waals surface area contributed by atoms with Crippen LogP contribution in [0.3, 0.4) is 0 Å². The first kappa shape index (κ1) is 37.2. The minimum Gasteiger partial charge on any atom is -0.469 e. The minimum atomic E-state index is -1.98. The average molecular weight is 621 g/mol. The van der Waals surface area contributed by atoms with Crippen LogP contribution < -0.4 is 0 Å². The van der Waals surface area contributed by atoms with Gasteiger partial charge in [0.15, 0.2) is 16.6 Å². The van der Waals surface area contributed by atoms with Crippen molar-refractivity contribution < 1.29 is 23.5 Å². The Morgan fingerprint density at radius 1 is 0.810 bits per heavy atom. The van der Waals surface area contributed by atoms with E-state index in [1.54, 1.807) is 0 Å². The van der Waals surface area contributed by atoms with Crippen molar-refractivity contribution in [3.63, 3.8) is 0 Å². The third kappa shape index (κ3) is 10.9. The number of methoxy groups -OCH3 is 1. The summed E-state index contributed by atoms with van der Waals surface area (Å²) in [5, 5.41) is 11.2. The van der Waals surface area contributed by atoms with Crippen LogP contribution in [0.15, 0.2) is 30.3 Å². The molecule has 0 aromatic heterocycles. The van der Waals surface area contributed by atoms with Crippen molar-refractivity contribution in [1.29, 1.82) is 0 Å². The normalized spacial score (nSPS) is 22.8. The van der Waals surface area contributed by atoms with Crippen LogP contribution >= 0.6 is 0 Å². The number of rotatable bonds is 16. The molecule has 0 aliphatic heterocycles. The van der Waals surface area contributed by atoms with Gasteiger partial charge >= 0.3 is 5.97 Å². The van der Waals surface area contributed by atoms with E-state index >= 15 is 0 Å². The van der Waals surface area contributed by atoms with Crippen molar-refractivity contribution in [1.82, 2.24) is 0 Å². The molecule has 5 nitrogen and oxygen atoms in total. The number of aliphatic hydroxyl groups excluding tert-OH is 1. The van der Waals surface area contributed by atoms with E-state index in [4.69, 9.17) is 13.6 Å². The summed E-state index contributed by atoms with van der Waals surface area (Å²) >= 11 is 0.